The maximum Gasteiger partial charge on any atom is 0.130 e. The van der Waals surface area contributed by atoms with E-state index < -0.39 is 0 Å². The second-order valence-corrected chi connectivity index (χ2v) is 2.45. The quantitative estimate of drug-likeness (QED) is 0.600. The summed E-state index contributed by atoms with van der Waals surface area (Å²) in [5, 5.41) is 8.55. The number of aliphatic hydroxyl groups is 1. The van der Waals surface area contributed by atoms with E-state index in [1.807, 2.05) is 13.0 Å². The summed E-state index contributed by atoms with van der Waals surface area (Å²) in [6.45, 7) is 3.51. The first-order valence-corrected chi connectivity index (χ1v) is 3.42. The number of Topliss-reactive ketones (excluding diaryl/α,β-unsaturated/α-hetero) is 1. The highest BCUT2D eigenvalue weighted by Crippen LogP contribution is 1.97. The van der Waals surface area contributed by atoms with Crippen LogP contribution in [0.5, 0.6) is 0 Å². The third-order valence-electron chi connectivity index (χ3n) is 1.24. The van der Waals surface area contributed by atoms with Crippen molar-refractivity contribution in [2.75, 3.05) is 6.61 Å². The van der Waals surface area contributed by atoms with Gasteiger partial charge in [0.05, 0.1) is 6.61 Å². The number of hydrogen-bond donors (Lipinski definition) is 1. The average molecular weight is 142 g/mol. The van der Waals surface area contributed by atoms with E-state index in [1.54, 1.807) is 6.92 Å². The zero-order valence-corrected chi connectivity index (χ0v) is 6.55. The lowest BCUT2D eigenvalue weighted by Crippen LogP contribution is -1.89. The summed E-state index contributed by atoms with van der Waals surface area (Å²) < 4.78 is 0. The summed E-state index contributed by atoms with van der Waals surface area (Å²) in [4.78, 5) is 10.4. The Balaban J connectivity index is 3.43. The Kier molecular flexibility index (Phi) is 4.85. The van der Waals surface area contributed by atoms with Crippen LogP contribution < -0.4 is 0 Å². The van der Waals surface area contributed by atoms with Gasteiger partial charge in [0.25, 0.3) is 0 Å². The standard InChI is InChI=1S/C8H14O2/c1-7(6-9)4-3-5-8(2)10/h4,9H,3,5-6H2,1-2H3/b7-4-. The zero-order valence-electron chi connectivity index (χ0n) is 6.55. The first-order chi connectivity index (χ1) is 4.66. The highest BCUT2D eigenvalue weighted by molar-refractivity contribution is 5.75. The lowest BCUT2D eigenvalue weighted by atomic mass is 10.2. The van der Waals surface area contributed by atoms with Crippen molar-refractivity contribution in [3.8, 4) is 0 Å². The van der Waals surface area contributed by atoms with Gasteiger partial charge in [0.2, 0.25) is 0 Å². The summed E-state index contributed by atoms with van der Waals surface area (Å²) in [6.07, 6.45) is 3.22. The molecule has 0 saturated heterocycles. The molecule has 0 fully saturated rings. The van der Waals surface area contributed by atoms with Crippen LogP contribution in [0.1, 0.15) is 26.7 Å². The minimum Gasteiger partial charge on any atom is -0.392 e. The van der Waals surface area contributed by atoms with Crippen LogP contribution in [-0.4, -0.2) is 17.5 Å². The predicted molar refractivity (Wildman–Crippen MR) is 40.8 cm³/mol. The molecule has 0 aliphatic rings. The lowest BCUT2D eigenvalue weighted by molar-refractivity contribution is -0.116. The molecule has 0 saturated carbocycles. The molecule has 0 rings (SSSR count). The van der Waals surface area contributed by atoms with Crippen LogP contribution in [0.15, 0.2) is 11.6 Å². The van der Waals surface area contributed by atoms with Crippen LogP contribution in [0.4, 0.5) is 0 Å². The Hall–Kier alpha value is -0.630. The van der Waals surface area contributed by atoms with E-state index in [1.165, 1.54) is 0 Å². The highest BCUT2D eigenvalue weighted by Gasteiger charge is 1.90. The summed E-state index contributed by atoms with van der Waals surface area (Å²) in [6, 6.07) is 0. The van der Waals surface area contributed by atoms with E-state index in [0.29, 0.717) is 6.42 Å². The van der Waals surface area contributed by atoms with E-state index in [4.69, 9.17) is 5.11 Å². The fraction of sp³-hybridized carbons (Fsp3) is 0.625. The van der Waals surface area contributed by atoms with Crippen molar-refractivity contribution < 1.29 is 9.90 Å². The van der Waals surface area contributed by atoms with Crippen molar-refractivity contribution >= 4 is 5.78 Å². The van der Waals surface area contributed by atoms with E-state index >= 15 is 0 Å². The van der Waals surface area contributed by atoms with Gasteiger partial charge >= 0.3 is 0 Å². The van der Waals surface area contributed by atoms with Gasteiger partial charge in [-0.05, 0) is 20.3 Å². The van der Waals surface area contributed by atoms with Crippen molar-refractivity contribution in [2.24, 2.45) is 0 Å². The minimum atomic E-state index is 0.0951. The minimum absolute atomic E-state index is 0.0951. The van der Waals surface area contributed by atoms with Gasteiger partial charge in [0.1, 0.15) is 5.78 Å². The van der Waals surface area contributed by atoms with Gasteiger partial charge < -0.3 is 9.90 Å². The van der Waals surface area contributed by atoms with E-state index in [2.05, 4.69) is 0 Å². The number of aliphatic hydroxyl groups excluding tert-OH is 1. The molecular formula is C8H14O2. The van der Waals surface area contributed by atoms with Gasteiger partial charge in [-0.3, -0.25) is 0 Å². The number of rotatable bonds is 4. The second-order valence-electron chi connectivity index (χ2n) is 2.45. The van der Waals surface area contributed by atoms with Gasteiger partial charge in [-0.2, -0.15) is 0 Å². The van der Waals surface area contributed by atoms with E-state index in [9.17, 15) is 4.79 Å². The van der Waals surface area contributed by atoms with Gasteiger partial charge in [0, 0.05) is 6.42 Å². The molecule has 0 spiro atoms. The number of hydrogen-bond acceptors (Lipinski definition) is 2. The summed E-state index contributed by atoms with van der Waals surface area (Å²) in [7, 11) is 0. The Labute approximate surface area is 61.6 Å². The van der Waals surface area contributed by atoms with E-state index in [0.717, 1.165) is 12.0 Å². The van der Waals surface area contributed by atoms with Crippen LogP contribution in [0, 0.1) is 0 Å². The monoisotopic (exact) mass is 142 g/mol. The van der Waals surface area contributed by atoms with Crippen molar-refractivity contribution in [2.45, 2.75) is 26.7 Å². The molecule has 2 heteroatoms. The fourth-order valence-corrected chi connectivity index (χ4v) is 0.586. The fourth-order valence-electron chi connectivity index (χ4n) is 0.586. The van der Waals surface area contributed by atoms with Crippen LogP contribution in [0.2, 0.25) is 0 Å². The number of carbonyl (C=O) groups is 1. The zero-order chi connectivity index (χ0) is 7.98. The maximum absolute atomic E-state index is 10.4. The van der Waals surface area contributed by atoms with Crippen LogP contribution in [0.25, 0.3) is 0 Å². The van der Waals surface area contributed by atoms with Gasteiger partial charge in [-0.15, -0.1) is 0 Å². The maximum atomic E-state index is 10.4. The molecule has 0 unspecified atom stereocenters. The van der Waals surface area contributed by atoms with Crippen molar-refractivity contribution in [3.63, 3.8) is 0 Å². The molecule has 0 aliphatic heterocycles. The molecule has 58 valence electrons. The molecule has 0 heterocycles. The van der Waals surface area contributed by atoms with Crippen molar-refractivity contribution in [1.29, 1.82) is 0 Å². The van der Waals surface area contributed by atoms with Gasteiger partial charge in [0.15, 0.2) is 0 Å². The molecule has 0 aliphatic carbocycles. The van der Waals surface area contributed by atoms with E-state index in [-0.39, 0.29) is 12.4 Å². The Morgan fingerprint density at radius 3 is 2.50 bits per heavy atom. The van der Waals surface area contributed by atoms with Crippen LogP contribution in [-0.2, 0) is 4.79 Å². The molecule has 2 nitrogen and oxygen atoms in total. The third-order valence-corrected chi connectivity index (χ3v) is 1.24. The predicted octanol–water partition coefficient (Wildman–Crippen LogP) is 1.29. The third kappa shape index (κ3) is 5.51. The Morgan fingerprint density at radius 2 is 2.10 bits per heavy atom. The molecule has 0 aromatic rings. The first-order valence-electron chi connectivity index (χ1n) is 3.42. The molecule has 0 aromatic carbocycles. The molecule has 0 bridgehead atoms. The van der Waals surface area contributed by atoms with Crippen LogP contribution in [0.3, 0.4) is 0 Å². The molecule has 0 atom stereocenters. The summed E-state index contributed by atoms with van der Waals surface area (Å²) >= 11 is 0. The SMILES string of the molecule is CC(=O)CC/C=C(/C)CO. The lowest BCUT2D eigenvalue weighted by Gasteiger charge is -1.92. The van der Waals surface area contributed by atoms with Gasteiger partial charge in [-0.25, -0.2) is 0 Å². The van der Waals surface area contributed by atoms with Gasteiger partial charge in [-0.1, -0.05) is 11.6 Å². The van der Waals surface area contributed by atoms with Crippen molar-refractivity contribution in [1.82, 2.24) is 0 Å². The highest BCUT2D eigenvalue weighted by atomic mass is 16.3. The Morgan fingerprint density at radius 1 is 1.50 bits per heavy atom. The number of allylic oxidation sites excluding steroid dienone is 1. The molecule has 0 aromatic heterocycles. The molecule has 10 heavy (non-hydrogen) atoms. The number of ketones is 1. The summed E-state index contributed by atoms with van der Waals surface area (Å²) in [5.74, 6) is 0.196. The molecule has 1 N–H and O–H groups in total. The average Bonchev–Trinajstić information content (AvgIpc) is 1.87. The second kappa shape index (κ2) is 5.18. The summed E-state index contributed by atoms with van der Waals surface area (Å²) in [5.41, 5.74) is 0.932. The molecule has 0 amide bonds. The smallest absolute Gasteiger partial charge is 0.130 e. The Bertz CT molecular complexity index is 136. The molecule has 0 radical (unpaired) electrons. The topological polar surface area (TPSA) is 37.3 Å². The normalized spacial score (nSPS) is 11.7. The number of carbonyl (C=O) groups excluding carboxylic acids is 1. The van der Waals surface area contributed by atoms with Crippen molar-refractivity contribution in [3.05, 3.63) is 11.6 Å². The largest absolute Gasteiger partial charge is 0.392 e. The van der Waals surface area contributed by atoms with Crippen LogP contribution >= 0.6 is 0 Å². The first kappa shape index (κ1) is 9.37. The molecular weight excluding hydrogens is 128 g/mol.